The highest BCUT2D eigenvalue weighted by atomic mass is 14.8. The lowest BCUT2D eigenvalue weighted by Gasteiger charge is -2.24. The van der Waals surface area contributed by atoms with E-state index in [-0.39, 0.29) is 5.92 Å². The smallest absolute Gasteiger partial charge is 0.0619 e. The van der Waals surface area contributed by atoms with Crippen molar-refractivity contribution in [2.45, 2.75) is 73.6 Å². The monoisotopic (exact) mass is 1050 g/mol. The van der Waals surface area contributed by atoms with Crippen LogP contribution in [0.4, 0.5) is 0 Å². The summed E-state index contributed by atoms with van der Waals surface area (Å²) in [5.41, 5.74) is 22.9. The zero-order valence-electron chi connectivity index (χ0n) is 48.3. The molecule has 0 N–H and O–H groups in total. The van der Waals surface area contributed by atoms with Gasteiger partial charge in [0.2, 0.25) is 0 Å². The average molecular weight is 1050 g/mol. The van der Waals surface area contributed by atoms with Crippen LogP contribution < -0.4 is 0 Å². The number of benzene rings is 11. The van der Waals surface area contributed by atoms with E-state index < -0.39 is 0 Å². The van der Waals surface area contributed by atoms with E-state index in [1.807, 2.05) is 68.4 Å². The van der Waals surface area contributed by atoms with Gasteiger partial charge in [0.25, 0.3) is 0 Å². The summed E-state index contributed by atoms with van der Waals surface area (Å²) in [6, 6.07) is 93.9. The summed E-state index contributed by atoms with van der Waals surface area (Å²) in [6.45, 7) is 19.8. The van der Waals surface area contributed by atoms with Gasteiger partial charge in [0.1, 0.15) is 0 Å². The van der Waals surface area contributed by atoms with Gasteiger partial charge in [-0.25, -0.2) is 0 Å². The highest BCUT2D eigenvalue weighted by Crippen LogP contribution is 2.50. The van der Waals surface area contributed by atoms with Crippen molar-refractivity contribution >= 4 is 32.8 Å². The standard InChI is InChI=1S/C65H55N.C7H8.C6H6.C2H6/c1-6-53(54-27-15-13-21-43(54)2)45(4)51-37-39-59-61(41-51)64(57-30-18-16-28-55(57)49-23-9-7-10-24-49)60-40-38-52(48-35-33-47(34-36-48)46(5)66-63-32-20-14-22-44(63)3)42-62(60)65(59)58-31-19-17-29-56(58)50-25-11-8-12-26-50;1-7-5-3-2-4-6-7;1-2-4-6-5-3-1;1-2/h7-13,15-21,23-42,53H,4,6,14,22H2,1-3,5H3;2-6H,1H3;1-6H;1-2H3. The first-order valence-corrected chi connectivity index (χ1v) is 28.9. The third-order valence-electron chi connectivity index (χ3n) is 15.4. The van der Waals surface area contributed by atoms with E-state index in [0.717, 1.165) is 41.8 Å². The maximum Gasteiger partial charge on any atom is 0.0619 e. The Morgan fingerprint density at radius 3 is 1.40 bits per heavy atom. The van der Waals surface area contributed by atoms with Crippen LogP contribution in [0.1, 0.15) is 87.6 Å². The SMILES string of the molecule is C=C(c1ccc2c(-c3ccccc3-c3ccccc3)c3cc(-c4ccc(C(C)=NC5=C(C)CCC=C5)cc4)ccc3c(-c3ccccc3-c3ccccc3)c2c1)C(CC)c1ccccc1C.CC.Cc1ccccc1.c1ccccc1. The fourth-order valence-corrected chi connectivity index (χ4v) is 11.1. The molecule has 400 valence electrons. The molecule has 81 heavy (non-hydrogen) atoms. The van der Waals surface area contributed by atoms with Gasteiger partial charge in [0, 0.05) is 11.6 Å². The Hall–Kier alpha value is -9.17. The van der Waals surface area contributed by atoms with Crippen molar-refractivity contribution in [2.75, 3.05) is 0 Å². The van der Waals surface area contributed by atoms with Crippen LogP contribution in [-0.2, 0) is 0 Å². The fourth-order valence-electron chi connectivity index (χ4n) is 11.1. The second kappa shape index (κ2) is 27.6. The number of rotatable bonds is 11. The first-order valence-electron chi connectivity index (χ1n) is 28.9. The molecular formula is C80H75N. The molecule has 0 aliphatic heterocycles. The molecule has 1 aliphatic rings. The predicted octanol–water partition coefficient (Wildman–Crippen LogP) is 23.0. The molecule has 11 aromatic rings. The molecule has 1 heteroatoms. The topological polar surface area (TPSA) is 12.4 Å². The molecule has 0 fully saturated rings. The van der Waals surface area contributed by atoms with Gasteiger partial charge in [-0.1, -0.05) is 288 Å². The van der Waals surface area contributed by atoms with E-state index >= 15 is 0 Å². The Kier molecular flexibility index (Phi) is 19.3. The second-order valence-electron chi connectivity index (χ2n) is 20.6. The Labute approximate surface area is 483 Å². The predicted molar refractivity (Wildman–Crippen MR) is 354 cm³/mol. The van der Waals surface area contributed by atoms with E-state index in [4.69, 9.17) is 11.6 Å². The molecule has 1 aliphatic carbocycles. The van der Waals surface area contributed by atoms with Crippen LogP contribution >= 0.6 is 0 Å². The summed E-state index contributed by atoms with van der Waals surface area (Å²) >= 11 is 0. The molecule has 0 heterocycles. The number of fused-ring (bicyclic) bond motifs is 2. The van der Waals surface area contributed by atoms with E-state index in [1.165, 1.54) is 105 Å². The highest BCUT2D eigenvalue weighted by Gasteiger charge is 2.24. The summed E-state index contributed by atoms with van der Waals surface area (Å²) in [4.78, 5) is 5.06. The van der Waals surface area contributed by atoms with Crippen LogP contribution in [0.2, 0.25) is 0 Å². The molecule has 12 rings (SSSR count). The maximum atomic E-state index is 5.06. The first kappa shape index (κ1) is 56.5. The lowest BCUT2D eigenvalue weighted by molar-refractivity contribution is 0.817. The quantitative estimate of drug-likeness (QED) is 0.0904. The third-order valence-corrected chi connectivity index (χ3v) is 15.4. The van der Waals surface area contributed by atoms with Crippen molar-refractivity contribution in [3.05, 3.63) is 319 Å². The van der Waals surface area contributed by atoms with Gasteiger partial charge in [-0.2, -0.15) is 0 Å². The largest absolute Gasteiger partial charge is 0.253 e. The number of allylic oxidation sites excluding steroid dienone is 4. The number of aliphatic imine (C=N–C) groups is 1. The molecule has 0 saturated heterocycles. The lowest BCUT2D eigenvalue weighted by Crippen LogP contribution is -2.03. The Balaban J connectivity index is 0.000000462. The van der Waals surface area contributed by atoms with Crippen LogP contribution in [0.15, 0.2) is 296 Å². The van der Waals surface area contributed by atoms with Crippen LogP contribution in [-0.4, -0.2) is 5.71 Å². The molecule has 0 bridgehead atoms. The summed E-state index contributed by atoms with van der Waals surface area (Å²) < 4.78 is 0. The van der Waals surface area contributed by atoms with E-state index in [2.05, 4.69) is 253 Å². The molecule has 0 radical (unpaired) electrons. The van der Waals surface area contributed by atoms with E-state index in [9.17, 15) is 0 Å². The van der Waals surface area contributed by atoms with Gasteiger partial charge in [0.05, 0.1) is 5.70 Å². The Morgan fingerprint density at radius 2 is 0.889 bits per heavy atom. The maximum absolute atomic E-state index is 5.06. The van der Waals surface area contributed by atoms with Crippen molar-refractivity contribution in [2.24, 2.45) is 4.99 Å². The molecule has 0 aromatic heterocycles. The van der Waals surface area contributed by atoms with E-state index in [1.54, 1.807) is 0 Å². The van der Waals surface area contributed by atoms with E-state index in [0.29, 0.717) is 0 Å². The molecule has 1 unspecified atom stereocenters. The van der Waals surface area contributed by atoms with Crippen LogP contribution in [0, 0.1) is 13.8 Å². The number of nitrogens with zero attached hydrogens (tertiary/aromatic N) is 1. The minimum Gasteiger partial charge on any atom is -0.253 e. The van der Waals surface area contributed by atoms with Crippen molar-refractivity contribution in [3.63, 3.8) is 0 Å². The van der Waals surface area contributed by atoms with Crippen molar-refractivity contribution in [1.82, 2.24) is 0 Å². The minimum absolute atomic E-state index is 0.191. The van der Waals surface area contributed by atoms with Crippen LogP contribution in [0.5, 0.6) is 0 Å². The summed E-state index contributed by atoms with van der Waals surface area (Å²) in [6.07, 6.45) is 7.52. The number of hydrogen-bond acceptors (Lipinski definition) is 1. The molecule has 0 spiro atoms. The van der Waals surface area contributed by atoms with Crippen molar-refractivity contribution in [3.8, 4) is 55.6 Å². The third kappa shape index (κ3) is 13.3. The van der Waals surface area contributed by atoms with Gasteiger partial charge in [-0.15, -0.1) is 0 Å². The molecular weight excluding hydrogens is 975 g/mol. The number of hydrogen-bond donors (Lipinski definition) is 0. The normalized spacial score (nSPS) is 12.3. The van der Waals surface area contributed by atoms with Gasteiger partial charge < -0.3 is 0 Å². The zero-order valence-corrected chi connectivity index (χ0v) is 48.3. The lowest BCUT2D eigenvalue weighted by atomic mass is 9.79. The Bertz CT molecular complexity index is 3930. The minimum atomic E-state index is 0.191. The summed E-state index contributed by atoms with van der Waals surface area (Å²) in [7, 11) is 0. The highest BCUT2D eigenvalue weighted by molar-refractivity contribution is 6.24. The van der Waals surface area contributed by atoms with Crippen molar-refractivity contribution in [1.29, 1.82) is 0 Å². The second-order valence-corrected chi connectivity index (χ2v) is 20.6. The summed E-state index contributed by atoms with van der Waals surface area (Å²) in [5.74, 6) is 0.191. The average Bonchev–Trinajstić information content (AvgIpc) is 3.59. The zero-order chi connectivity index (χ0) is 56.5. The van der Waals surface area contributed by atoms with Crippen LogP contribution in [0.3, 0.4) is 0 Å². The number of aryl methyl sites for hydroxylation is 2. The van der Waals surface area contributed by atoms with Gasteiger partial charge in [0.15, 0.2) is 0 Å². The molecule has 11 aromatic carbocycles. The van der Waals surface area contributed by atoms with Crippen LogP contribution in [0.25, 0.3) is 82.8 Å². The van der Waals surface area contributed by atoms with Gasteiger partial charge in [-0.3, -0.25) is 4.99 Å². The molecule has 0 saturated carbocycles. The first-order chi connectivity index (χ1) is 39.8. The molecule has 1 atom stereocenters. The molecule has 0 amide bonds. The fraction of sp³-hybridized carbons (Fsp3) is 0.138. The Morgan fingerprint density at radius 1 is 0.444 bits per heavy atom. The van der Waals surface area contributed by atoms with Gasteiger partial charge >= 0.3 is 0 Å². The molecule has 1 nitrogen and oxygen atoms in total. The summed E-state index contributed by atoms with van der Waals surface area (Å²) in [5, 5.41) is 4.86. The van der Waals surface area contributed by atoms with Crippen molar-refractivity contribution < 1.29 is 0 Å². The van der Waals surface area contributed by atoms with Gasteiger partial charge in [-0.05, 0) is 176 Å².